The predicted octanol–water partition coefficient (Wildman–Crippen LogP) is 1.46. The molecule has 0 aromatic carbocycles. The van der Waals surface area contributed by atoms with E-state index in [1.807, 2.05) is 0 Å². The van der Waals surface area contributed by atoms with Crippen LogP contribution in [-0.4, -0.2) is 35.8 Å². The van der Waals surface area contributed by atoms with Crippen LogP contribution in [0.2, 0.25) is 0 Å². The SMILES string of the molecule is CN(C)C(=O)CCCCc1ncc(C(N)=O)s1.Cl. The van der Waals surface area contributed by atoms with Gasteiger partial charge in [-0.3, -0.25) is 9.59 Å². The fourth-order valence-electron chi connectivity index (χ4n) is 1.32. The molecule has 0 unspecified atom stereocenters. The highest BCUT2D eigenvalue weighted by atomic mass is 35.5. The van der Waals surface area contributed by atoms with Crippen molar-refractivity contribution in [2.45, 2.75) is 25.7 Å². The minimum Gasteiger partial charge on any atom is -0.365 e. The molecule has 1 aromatic rings. The zero-order chi connectivity index (χ0) is 12.8. The van der Waals surface area contributed by atoms with Crippen molar-refractivity contribution in [2.24, 2.45) is 5.73 Å². The van der Waals surface area contributed by atoms with Crippen molar-refractivity contribution in [1.82, 2.24) is 9.88 Å². The van der Waals surface area contributed by atoms with E-state index in [1.165, 1.54) is 17.5 Å². The highest BCUT2D eigenvalue weighted by Crippen LogP contribution is 2.15. The molecule has 0 saturated carbocycles. The molecule has 0 aliphatic rings. The number of hydrogen-bond acceptors (Lipinski definition) is 4. The summed E-state index contributed by atoms with van der Waals surface area (Å²) < 4.78 is 0. The lowest BCUT2D eigenvalue weighted by atomic mass is 10.2. The van der Waals surface area contributed by atoms with Gasteiger partial charge in [0, 0.05) is 20.5 Å². The van der Waals surface area contributed by atoms with Crippen molar-refractivity contribution < 1.29 is 9.59 Å². The van der Waals surface area contributed by atoms with E-state index in [-0.39, 0.29) is 18.3 Å². The molecule has 1 rings (SSSR count). The van der Waals surface area contributed by atoms with Gasteiger partial charge in [-0.2, -0.15) is 0 Å². The van der Waals surface area contributed by atoms with E-state index < -0.39 is 5.91 Å². The van der Waals surface area contributed by atoms with E-state index in [2.05, 4.69) is 4.98 Å². The molecule has 0 atom stereocenters. The minimum atomic E-state index is -0.434. The average molecular weight is 292 g/mol. The molecule has 18 heavy (non-hydrogen) atoms. The first-order valence-electron chi connectivity index (χ1n) is 5.45. The third-order valence-electron chi connectivity index (χ3n) is 2.33. The lowest BCUT2D eigenvalue weighted by Gasteiger charge is -2.08. The van der Waals surface area contributed by atoms with Crippen LogP contribution in [0.5, 0.6) is 0 Å². The van der Waals surface area contributed by atoms with Gasteiger partial charge in [0.05, 0.1) is 11.2 Å². The Hall–Kier alpha value is -1.14. The Morgan fingerprint density at radius 3 is 2.56 bits per heavy atom. The second-order valence-electron chi connectivity index (χ2n) is 3.98. The number of amides is 2. The Balaban J connectivity index is 0.00000289. The smallest absolute Gasteiger partial charge is 0.260 e. The van der Waals surface area contributed by atoms with Crippen LogP contribution in [0.4, 0.5) is 0 Å². The molecule has 0 spiro atoms. The summed E-state index contributed by atoms with van der Waals surface area (Å²) in [5, 5.41) is 0.899. The molecule has 1 heterocycles. The summed E-state index contributed by atoms with van der Waals surface area (Å²) in [4.78, 5) is 28.3. The normalized spacial score (nSPS) is 9.67. The van der Waals surface area contributed by atoms with Gasteiger partial charge in [-0.15, -0.1) is 23.7 Å². The van der Waals surface area contributed by atoms with E-state index >= 15 is 0 Å². The molecule has 0 aliphatic heterocycles. The van der Waals surface area contributed by atoms with Crippen molar-refractivity contribution in [3.8, 4) is 0 Å². The maximum Gasteiger partial charge on any atom is 0.260 e. The molecule has 0 saturated heterocycles. The predicted molar refractivity (Wildman–Crippen MR) is 74.1 cm³/mol. The van der Waals surface area contributed by atoms with Gasteiger partial charge in [0.15, 0.2) is 0 Å². The van der Waals surface area contributed by atoms with Gasteiger partial charge >= 0.3 is 0 Å². The van der Waals surface area contributed by atoms with E-state index in [1.54, 1.807) is 19.0 Å². The summed E-state index contributed by atoms with van der Waals surface area (Å²) in [5.74, 6) is -0.293. The van der Waals surface area contributed by atoms with Gasteiger partial charge in [0.25, 0.3) is 5.91 Å². The van der Waals surface area contributed by atoms with Crippen LogP contribution < -0.4 is 5.73 Å². The Labute approximate surface area is 117 Å². The van der Waals surface area contributed by atoms with Crippen LogP contribution in [-0.2, 0) is 11.2 Å². The Kier molecular flexibility index (Phi) is 7.54. The second kappa shape index (κ2) is 8.05. The molecule has 0 fully saturated rings. The highest BCUT2D eigenvalue weighted by molar-refractivity contribution is 7.13. The number of thiazole rings is 1. The number of hydrogen-bond donors (Lipinski definition) is 1. The zero-order valence-electron chi connectivity index (χ0n) is 10.5. The molecule has 5 nitrogen and oxygen atoms in total. The third kappa shape index (κ3) is 5.46. The maximum atomic E-state index is 11.3. The Morgan fingerprint density at radius 1 is 1.39 bits per heavy atom. The van der Waals surface area contributed by atoms with Crippen LogP contribution in [0.1, 0.15) is 33.9 Å². The third-order valence-corrected chi connectivity index (χ3v) is 3.40. The quantitative estimate of drug-likeness (QED) is 0.806. The molecule has 0 aliphatic carbocycles. The maximum absolute atomic E-state index is 11.3. The average Bonchev–Trinajstić information content (AvgIpc) is 2.72. The number of primary amides is 1. The number of aryl methyl sites for hydroxylation is 1. The molecule has 102 valence electrons. The lowest BCUT2D eigenvalue weighted by molar-refractivity contribution is -0.128. The molecule has 1 aromatic heterocycles. The van der Waals surface area contributed by atoms with Gasteiger partial charge < -0.3 is 10.6 Å². The molecule has 7 heteroatoms. The van der Waals surface area contributed by atoms with Crippen molar-refractivity contribution in [3.05, 3.63) is 16.1 Å². The first kappa shape index (κ1) is 16.9. The number of halogens is 1. The molecule has 2 amide bonds. The van der Waals surface area contributed by atoms with E-state index in [0.29, 0.717) is 11.3 Å². The zero-order valence-corrected chi connectivity index (χ0v) is 12.1. The van der Waals surface area contributed by atoms with Gasteiger partial charge in [-0.05, 0) is 19.3 Å². The summed E-state index contributed by atoms with van der Waals surface area (Å²) in [5.41, 5.74) is 5.14. The number of carbonyl (C=O) groups excluding carboxylic acids is 2. The van der Waals surface area contributed by atoms with Crippen molar-refractivity contribution in [2.75, 3.05) is 14.1 Å². The standard InChI is InChI=1S/C11H17N3O2S.ClH/c1-14(2)10(15)6-4-3-5-9-13-7-8(17-9)11(12)16;/h7H,3-6H2,1-2H3,(H2,12,16);1H. The van der Waals surface area contributed by atoms with Crippen LogP contribution in [0.15, 0.2) is 6.20 Å². The molecular formula is C11H18ClN3O2S. The van der Waals surface area contributed by atoms with Gasteiger partial charge in [-0.1, -0.05) is 0 Å². The van der Waals surface area contributed by atoms with E-state index in [4.69, 9.17) is 5.73 Å². The van der Waals surface area contributed by atoms with E-state index in [0.717, 1.165) is 24.3 Å². The van der Waals surface area contributed by atoms with Crippen LogP contribution in [0, 0.1) is 0 Å². The largest absolute Gasteiger partial charge is 0.365 e. The summed E-state index contributed by atoms with van der Waals surface area (Å²) in [6.45, 7) is 0. The van der Waals surface area contributed by atoms with Gasteiger partial charge in [0.2, 0.25) is 5.91 Å². The van der Waals surface area contributed by atoms with Crippen LogP contribution in [0.25, 0.3) is 0 Å². The van der Waals surface area contributed by atoms with Gasteiger partial charge in [0.1, 0.15) is 4.88 Å². The summed E-state index contributed by atoms with van der Waals surface area (Å²) >= 11 is 1.33. The summed E-state index contributed by atoms with van der Waals surface area (Å²) in [6, 6.07) is 0. The first-order valence-corrected chi connectivity index (χ1v) is 6.27. The molecule has 0 radical (unpaired) electrons. The summed E-state index contributed by atoms with van der Waals surface area (Å²) in [7, 11) is 3.50. The number of aromatic nitrogens is 1. The Morgan fingerprint density at radius 2 is 2.06 bits per heavy atom. The fourth-order valence-corrected chi connectivity index (χ4v) is 2.13. The Bertz CT molecular complexity index is 407. The van der Waals surface area contributed by atoms with Crippen LogP contribution >= 0.6 is 23.7 Å². The fraction of sp³-hybridized carbons (Fsp3) is 0.545. The van der Waals surface area contributed by atoms with E-state index in [9.17, 15) is 9.59 Å². The molecular weight excluding hydrogens is 274 g/mol. The number of nitrogens with two attached hydrogens (primary N) is 1. The van der Waals surface area contributed by atoms with Crippen LogP contribution in [0.3, 0.4) is 0 Å². The summed E-state index contributed by atoms with van der Waals surface area (Å²) in [6.07, 6.45) is 4.58. The monoisotopic (exact) mass is 291 g/mol. The number of nitrogens with zero attached hydrogens (tertiary/aromatic N) is 2. The van der Waals surface area contributed by atoms with Gasteiger partial charge in [-0.25, -0.2) is 4.98 Å². The number of rotatable bonds is 6. The number of unbranched alkanes of at least 4 members (excludes halogenated alkanes) is 1. The second-order valence-corrected chi connectivity index (χ2v) is 5.09. The highest BCUT2D eigenvalue weighted by Gasteiger charge is 2.07. The lowest BCUT2D eigenvalue weighted by Crippen LogP contribution is -2.21. The van der Waals surface area contributed by atoms with Crippen molar-refractivity contribution in [3.63, 3.8) is 0 Å². The van der Waals surface area contributed by atoms with Crippen molar-refractivity contribution in [1.29, 1.82) is 0 Å². The van der Waals surface area contributed by atoms with Crippen molar-refractivity contribution >= 4 is 35.6 Å². The molecule has 0 bridgehead atoms. The number of carbonyl (C=O) groups is 2. The first-order chi connectivity index (χ1) is 8.00. The minimum absolute atomic E-state index is 0. The molecule has 2 N–H and O–H groups in total. The topological polar surface area (TPSA) is 76.3 Å².